The van der Waals surface area contributed by atoms with Crippen molar-refractivity contribution in [1.29, 1.82) is 0 Å². The zero-order valence-electron chi connectivity index (χ0n) is 9.96. The highest BCUT2D eigenvalue weighted by atomic mass is 35.5. The number of nitrogens with zero attached hydrogens (tertiary/aromatic N) is 1. The summed E-state index contributed by atoms with van der Waals surface area (Å²) in [5.41, 5.74) is -0.0465. The van der Waals surface area contributed by atoms with Crippen molar-refractivity contribution in [3.05, 3.63) is 0 Å². The Morgan fingerprint density at radius 3 is 2.87 bits per heavy atom. The summed E-state index contributed by atoms with van der Waals surface area (Å²) in [5, 5.41) is 0. The minimum Gasteiger partial charge on any atom is -0.379 e. The van der Waals surface area contributed by atoms with Crippen LogP contribution >= 0.6 is 11.6 Å². The van der Waals surface area contributed by atoms with Gasteiger partial charge in [0.2, 0.25) is 0 Å². The van der Waals surface area contributed by atoms with Crippen LogP contribution < -0.4 is 0 Å². The Hall–Kier alpha value is 0.170. The van der Waals surface area contributed by atoms with Crippen LogP contribution in [0.3, 0.4) is 0 Å². The first-order chi connectivity index (χ1) is 7.09. The normalized spacial score (nSPS) is 24.4. The van der Waals surface area contributed by atoms with Gasteiger partial charge in [0.05, 0.1) is 18.8 Å². The maximum atomic E-state index is 5.91. The number of ether oxygens (including phenoxy) is 2. The lowest BCUT2D eigenvalue weighted by molar-refractivity contribution is -0.0268. The maximum Gasteiger partial charge on any atom is 0.0634 e. The highest BCUT2D eigenvalue weighted by molar-refractivity contribution is 6.18. The maximum absolute atomic E-state index is 5.91. The molecule has 0 amide bonds. The van der Waals surface area contributed by atoms with Gasteiger partial charge in [-0.1, -0.05) is 0 Å². The topological polar surface area (TPSA) is 21.7 Å². The van der Waals surface area contributed by atoms with E-state index in [1.807, 2.05) is 0 Å². The highest BCUT2D eigenvalue weighted by Gasteiger charge is 2.24. The van der Waals surface area contributed by atoms with Gasteiger partial charge in [-0.25, -0.2) is 0 Å². The molecule has 0 aromatic heterocycles. The minimum atomic E-state index is -0.0465. The lowest BCUT2D eigenvalue weighted by atomic mass is 10.0. The van der Waals surface area contributed by atoms with Crippen molar-refractivity contribution in [2.24, 2.45) is 0 Å². The third kappa shape index (κ3) is 4.27. The van der Waals surface area contributed by atoms with E-state index >= 15 is 0 Å². The second kappa shape index (κ2) is 6.04. The lowest BCUT2D eigenvalue weighted by Crippen LogP contribution is -2.48. The van der Waals surface area contributed by atoms with E-state index in [0.717, 1.165) is 32.7 Å². The van der Waals surface area contributed by atoms with E-state index in [4.69, 9.17) is 21.1 Å². The van der Waals surface area contributed by atoms with Crippen molar-refractivity contribution in [3.8, 4) is 0 Å². The minimum absolute atomic E-state index is 0.0465. The molecule has 1 rings (SSSR count). The van der Waals surface area contributed by atoms with Gasteiger partial charge in [0.1, 0.15) is 0 Å². The third-order valence-electron chi connectivity index (χ3n) is 3.08. The monoisotopic (exact) mass is 235 g/mol. The predicted molar refractivity (Wildman–Crippen MR) is 62.6 cm³/mol. The Balaban J connectivity index is 2.35. The van der Waals surface area contributed by atoms with Crippen molar-refractivity contribution < 1.29 is 9.47 Å². The number of morpholine rings is 1. The zero-order valence-corrected chi connectivity index (χ0v) is 10.7. The van der Waals surface area contributed by atoms with Gasteiger partial charge in [0.15, 0.2) is 0 Å². The van der Waals surface area contributed by atoms with E-state index in [0.29, 0.717) is 11.9 Å². The van der Waals surface area contributed by atoms with Crippen molar-refractivity contribution in [3.63, 3.8) is 0 Å². The van der Waals surface area contributed by atoms with Crippen molar-refractivity contribution >= 4 is 11.6 Å². The first-order valence-electron chi connectivity index (χ1n) is 5.52. The Morgan fingerprint density at radius 2 is 2.27 bits per heavy atom. The van der Waals surface area contributed by atoms with Gasteiger partial charge in [-0.05, 0) is 20.3 Å². The van der Waals surface area contributed by atoms with Gasteiger partial charge < -0.3 is 9.47 Å². The van der Waals surface area contributed by atoms with E-state index in [1.54, 1.807) is 7.11 Å². The fourth-order valence-electron chi connectivity index (χ4n) is 1.64. The van der Waals surface area contributed by atoms with Crippen LogP contribution in [-0.2, 0) is 9.47 Å². The third-order valence-corrected chi connectivity index (χ3v) is 3.44. The summed E-state index contributed by atoms with van der Waals surface area (Å²) in [7, 11) is 1.76. The molecule has 1 saturated heterocycles. The molecule has 3 nitrogen and oxygen atoms in total. The van der Waals surface area contributed by atoms with Gasteiger partial charge in [0, 0.05) is 32.1 Å². The van der Waals surface area contributed by atoms with Crippen LogP contribution in [0.5, 0.6) is 0 Å². The highest BCUT2D eigenvalue weighted by Crippen LogP contribution is 2.16. The molecule has 4 heteroatoms. The average molecular weight is 236 g/mol. The second-order valence-corrected chi connectivity index (χ2v) is 4.94. The summed E-state index contributed by atoms with van der Waals surface area (Å²) >= 11 is 5.91. The number of alkyl halides is 1. The van der Waals surface area contributed by atoms with Gasteiger partial charge in [-0.15, -0.1) is 11.6 Å². The number of methoxy groups -OCH3 is 1. The summed E-state index contributed by atoms with van der Waals surface area (Å²) in [6.07, 6.45) is 1.02. The van der Waals surface area contributed by atoms with Crippen LogP contribution in [0.1, 0.15) is 20.3 Å². The SMILES string of the molecule is COC(C)(C)CCN1CCOCC1CCl. The molecule has 0 N–H and O–H groups in total. The van der Waals surface area contributed by atoms with Crippen LogP contribution in [0.15, 0.2) is 0 Å². The van der Waals surface area contributed by atoms with E-state index < -0.39 is 0 Å². The number of hydrogen-bond acceptors (Lipinski definition) is 3. The molecule has 90 valence electrons. The Bertz CT molecular complexity index is 187. The number of halogens is 1. The number of hydrogen-bond donors (Lipinski definition) is 0. The molecule has 1 atom stereocenters. The summed E-state index contributed by atoms with van der Waals surface area (Å²) < 4.78 is 10.8. The second-order valence-electron chi connectivity index (χ2n) is 4.63. The Labute approximate surface area is 97.7 Å². The van der Waals surface area contributed by atoms with Gasteiger partial charge in [-0.2, -0.15) is 0 Å². The summed E-state index contributed by atoms with van der Waals surface area (Å²) in [5.74, 6) is 0.646. The molecule has 1 unspecified atom stereocenters. The van der Waals surface area contributed by atoms with Gasteiger partial charge in [-0.3, -0.25) is 4.90 Å². The molecule has 0 aromatic rings. The van der Waals surface area contributed by atoms with Crippen LogP contribution in [0.4, 0.5) is 0 Å². The number of rotatable bonds is 5. The Morgan fingerprint density at radius 1 is 1.53 bits per heavy atom. The largest absolute Gasteiger partial charge is 0.379 e. The van der Waals surface area contributed by atoms with E-state index in [9.17, 15) is 0 Å². The van der Waals surface area contributed by atoms with Crippen LogP contribution in [0.25, 0.3) is 0 Å². The van der Waals surface area contributed by atoms with Crippen molar-refractivity contribution in [1.82, 2.24) is 4.90 Å². The first kappa shape index (κ1) is 13.2. The van der Waals surface area contributed by atoms with Crippen molar-refractivity contribution in [2.45, 2.75) is 31.9 Å². The Kier molecular flexibility index (Phi) is 5.33. The fraction of sp³-hybridized carbons (Fsp3) is 1.00. The molecular formula is C11H22ClNO2. The molecule has 1 aliphatic heterocycles. The zero-order chi connectivity index (χ0) is 11.3. The average Bonchev–Trinajstić information content (AvgIpc) is 2.27. The molecule has 0 saturated carbocycles. The summed E-state index contributed by atoms with van der Waals surface area (Å²) in [6.45, 7) is 7.82. The van der Waals surface area contributed by atoms with Crippen molar-refractivity contribution in [2.75, 3.05) is 39.3 Å². The molecule has 0 bridgehead atoms. The van der Waals surface area contributed by atoms with E-state index in [1.165, 1.54) is 0 Å². The van der Waals surface area contributed by atoms with Gasteiger partial charge in [0.25, 0.3) is 0 Å². The summed E-state index contributed by atoms with van der Waals surface area (Å²) in [4.78, 5) is 2.40. The van der Waals surface area contributed by atoms with E-state index in [-0.39, 0.29) is 5.60 Å². The molecule has 1 aliphatic rings. The standard InChI is InChI=1S/C11H22ClNO2/c1-11(2,14-3)4-5-13-6-7-15-9-10(13)8-12/h10H,4-9H2,1-3H3. The van der Waals surface area contributed by atoms with Crippen LogP contribution in [-0.4, -0.2) is 55.8 Å². The molecule has 1 heterocycles. The predicted octanol–water partition coefficient (Wildman–Crippen LogP) is 1.74. The first-order valence-corrected chi connectivity index (χ1v) is 6.05. The summed E-state index contributed by atoms with van der Waals surface area (Å²) in [6, 6.07) is 0.369. The molecule has 15 heavy (non-hydrogen) atoms. The molecule has 0 radical (unpaired) electrons. The smallest absolute Gasteiger partial charge is 0.0634 e. The van der Waals surface area contributed by atoms with Crippen LogP contribution in [0, 0.1) is 0 Å². The molecule has 0 aromatic carbocycles. The molecule has 0 aliphatic carbocycles. The molecule has 0 spiro atoms. The lowest BCUT2D eigenvalue weighted by Gasteiger charge is -2.36. The quantitative estimate of drug-likeness (QED) is 0.678. The molecule has 1 fully saturated rings. The molecular weight excluding hydrogens is 214 g/mol. The van der Waals surface area contributed by atoms with Crippen LogP contribution in [0.2, 0.25) is 0 Å². The van der Waals surface area contributed by atoms with E-state index in [2.05, 4.69) is 18.7 Å². The fourth-order valence-corrected chi connectivity index (χ4v) is 1.92. The van der Waals surface area contributed by atoms with Gasteiger partial charge >= 0.3 is 0 Å².